The number of amides is 1. The molecule has 5 heteroatoms. The number of nitrogens with zero attached hydrogens (tertiary/aromatic N) is 1. The summed E-state index contributed by atoms with van der Waals surface area (Å²) in [6.45, 7) is 9.33. The van der Waals surface area contributed by atoms with Gasteiger partial charge in [0, 0.05) is 7.05 Å². The maximum Gasteiger partial charge on any atom is 0.410 e. The second kappa shape index (κ2) is 6.61. The van der Waals surface area contributed by atoms with Crippen molar-refractivity contribution in [1.29, 1.82) is 0 Å². The maximum absolute atomic E-state index is 11.9. The largest absolute Gasteiger partial charge is 0.467 e. The third-order valence-corrected chi connectivity index (χ3v) is 2.32. The molecule has 0 spiro atoms. The summed E-state index contributed by atoms with van der Waals surface area (Å²) in [6, 6.07) is -0.607. The molecule has 5 nitrogen and oxygen atoms in total. The van der Waals surface area contributed by atoms with Crippen LogP contribution in [0.3, 0.4) is 0 Å². The van der Waals surface area contributed by atoms with Gasteiger partial charge in [0.15, 0.2) is 0 Å². The van der Waals surface area contributed by atoms with Crippen LogP contribution in [0.4, 0.5) is 4.79 Å². The average molecular weight is 259 g/mol. The van der Waals surface area contributed by atoms with Crippen LogP contribution in [0, 0.1) is 5.92 Å². The Labute approximate surface area is 109 Å². The quantitative estimate of drug-likeness (QED) is 0.728. The van der Waals surface area contributed by atoms with Gasteiger partial charge in [0.25, 0.3) is 0 Å². The molecule has 0 unspecified atom stereocenters. The van der Waals surface area contributed by atoms with E-state index in [9.17, 15) is 9.59 Å². The number of hydrogen-bond acceptors (Lipinski definition) is 4. The standard InChI is InChI=1S/C13H25NO4/c1-9(2)8-10(11(15)17-7)14(6)12(16)18-13(3,4)5/h9-10H,8H2,1-7H3/t10-/m1/s1. The topological polar surface area (TPSA) is 55.8 Å². The Morgan fingerprint density at radius 1 is 1.22 bits per heavy atom. The van der Waals surface area contributed by atoms with Gasteiger partial charge < -0.3 is 9.47 Å². The molecular weight excluding hydrogens is 234 g/mol. The first-order valence-electron chi connectivity index (χ1n) is 6.12. The van der Waals surface area contributed by atoms with Gasteiger partial charge in [0.1, 0.15) is 11.6 Å². The average Bonchev–Trinajstić information content (AvgIpc) is 2.21. The van der Waals surface area contributed by atoms with Crippen molar-refractivity contribution in [3.8, 4) is 0 Å². The number of ether oxygens (including phenoxy) is 2. The molecule has 106 valence electrons. The molecule has 0 aromatic rings. The third-order valence-electron chi connectivity index (χ3n) is 2.32. The molecule has 0 fully saturated rings. The molecule has 0 radical (unpaired) electrons. The number of esters is 1. The fraction of sp³-hybridized carbons (Fsp3) is 0.846. The van der Waals surface area contributed by atoms with Gasteiger partial charge in [0.05, 0.1) is 7.11 Å². The Kier molecular flexibility index (Phi) is 6.15. The highest BCUT2D eigenvalue weighted by atomic mass is 16.6. The molecule has 1 amide bonds. The van der Waals surface area contributed by atoms with Crippen molar-refractivity contribution in [1.82, 2.24) is 4.90 Å². The summed E-state index contributed by atoms with van der Waals surface area (Å²) in [4.78, 5) is 24.9. The van der Waals surface area contributed by atoms with Crippen molar-refractivity contribution in [2.45, 2.75) is 52.7 Å². The summed E-state index contributed by atoms with van der Waals surface area (Å²) in [5.74, 6) is -0.143. The number of hydrogen-bond donors (Lipinski definition) is 0. The van der Waals surface area contributed by atoms with E-state index >= 15 is 0 Å². The van der Waals surface area contributed by atoms with Crippen LogP contribution in [0.25, 0.3) is 0 Å². The Morgan fingerprint density at radius 2 is 1.72 bits per heavy atom. The predicted octanol–water partition coefficient (Wildman–Crippen LogP) is 2.44. The predicted molar refractivity (Wildman–Crippen MR) is 69.3 cm³/mol. The minimum atomic E-state index is -0.607. The van der Waals surface area contributed by atoms with Crippen molar-refractivity contribution in [2.24, 2.45) is 5.92 Å². The monoisotopic (exact) mass is 259 g/mol. The van der Waals surface area contributed by atoms with E-state index in [0.717, 1.165) is 0 Å². The van der Waals surface area contributed by atoms with Crippen LogP contribution >= 0.6 is 0 Å². The van der Waals surface area contributed by atoms with E-state index in [2.05, 4.69) is 0 Å². The summed E-state index contributed by atoms with van der Waals surface area (Å²) >= 11 is 0. The van der Waals surface area contributed by atoms with Gasteiger partial charge in [-0.2, -0.15) is 0 Å². The Hall–Kier alpha value is -1.26. The molecule has 0 heterocycles. The summed E-state index contributed by atoms with van der Waals surface area (Å²) in [6.07, 6.45) is 0.0288. The van der Waals surface area contributed by atoms with E-state index in [1.165, 1.54) is 12.0 Å². The lowest BCUT2D eigenvalue weighted by molar-refractivity contribution is -0.146. The lowest BCUT2D eigenvalue weighted by atomic mass is 10.0. The molecule has 0 saturated heterocycles. The Balaban J connectivity index is 4.79. The van der Waals surface area contributed by atoms with Gasteiger partial charge in [-0.15, -0.1) is 0 Å². The Morgan fingerprint density at radius 3 is 2.06 bits per heavy atom. The van der Waals surface area contributed by atoms with Crippen molar-refractivity contribution in [2.75, 3.05) is 14.2 Å². The van der Waals surface area contributed by atoms with Gasteiger partial charge in [-0.3, -0.25) is 4.90 Å². The molecule has 0 aromatic carbocycles. The van der Waals surface area contributed by atoms with Crippen molar-refractivity contribution in [3.63, 3.8) is 0 Å². The molecular formula is C13H25NO4. The first-order valence-corrected chi connectivity index (χ1v) is 6.12. The van der Waals surface area contributed by atoms with E-state index in [1.807, 2.05) is 13.8 Å². The number of carbonyl (C=O) groups excluding carboxylic acids is 2. The zero-order valence-corrected chi connectivity index (χ0v) is 12.4. The smallest absolute Gasteiger partial charge is 0.410 e. The van der Waals surface area contributed by atoms with Gasteiger partial charge >= 0.3 is 12.1 Å². The fourth-order valence-electron chi connectivity index (χ4n) is 1.46. The molecule has 18 heavy (non-hydrogen) atoms. The number of methoxy groups -OCH3 is 1. The highest BCUT2D eigenvalue weighted by Crippen LogP contribution is 2.16. The lowest BCUT2D eigenvalue weighted by Crippen LogP contribution is -2.45. The SMILES string of the molecule is COC(=O)[C@@H](CC(C)C)N(C)C(=O)OC(C)(C)C. The van der Waals surface area contributed by atoms with Crippen LogP contribution < -0.4 is 0 Å². The van der Waals surface area contributed by atoms with Crippen LogP contribution in [0.15, 0.2) is 0 Å². The van der Waals surface area contributed by atoms with Gasteiger partial charge in [-0.05, 0) is 33.1 Å². The second-order valence-electron chi connectivity index (χ2n) is 5.76. The molecule has 0 bridgehead atoms. The normalized spacial score (nSPS) is 13.1. The van der Waals surface area contributed by atoms with Gasteiger partial charge in [0.2, 0.25) is 0 Å². The number of rotatable bonds is 4. The van der Waals surface area contributed by atoms with Crippen molar-refractivity contribution in [3.05, 3.63) is 0 Å². The van der Waals surface area contributed by atoms with Crippen LogP contribution in [0.2, 0.25) is 0 Å². The molecule has 0 aliphatic carbocycles. The Bertz CT molecular complexity index is 294. The summed E-state index contributed by atoms with van der Waals surface area (Å²) in [5, 5.41) is 0. The first kappa shape index (κ1) is 16.7. The molecule has 0 N–H and O–H groups in total. The first-order chi connectivity index (χ1) is 8.08. The van der Waals surface area contributed by atoms with Gasteiger partial charge in [-0.25, -0.2) is 9.59 Å². The summed E-state index contributed by atoms with van der Waals surface area (Å²) < 4.78 is 9.96. The van der Waals surface area contributed by atoms with E-state index in [1.54, 1.807) is 27.8 Å². The maximum atomic E-state index is 11.9. The zero-order chi connectivity index (χ0) is 14.5. The fourth-order valence-corrected chi connectivity index (χ4v) is 1.46. The van der Waals surface area contributed by atoms with E-state index in [4.69, 9.17) is 9.47 Å². The minimum absolute atomic E-state index is 0.277. The number of carbonyl (C=O) groups is 2. The van der Waals surface area contributed by atoms with E-state index in [0.29, 0.717) is 6.42 Å². The molecule has 0 aliphatic rings. The molecule has 0 rings (SSSR count). The van der Waals surface area contributed by atoms with Crippen LogP contribution in [-0.4, -0.2) is 42.8 Å². The van der Waals surface area contributed by atoms with Crippen molar-refractivity contribution < 1.29 is 19.1 Å². The summed E-state index contributed by atoms with van der Waals surface area (Å²) in [5.41, 5.74) is -0.580. The molecule has 0 aromatic heterocycles. The van der Waals surface area contributed by atoms with Crippen LogP contribution in [0.1, 0.15) is 41.0 Å². The minimum Gasteiger partial charge on any atom is -0.467 e. The molecule has 0 saturated carbocycles. The van der Waals surface area contributed by atoms with E-state index < -0.39 is 23.7 Å². The number of likely N-dealkylation sites (N-methyl/N-ethyl adjacent to an activating group) is 1. The zero-order valence-electron chi connectivity index (χ0n) is 12.4. The van der Waals surface area contributed by atoms with Crippen LogP contribution in [-0.2, 0) is 14.3 Å². The highest BCUT2D eigenvalue weighted by Gasteiger charge is 2.31. The van der Waals surface area contributed by atoms with E-state index in [-0.39, 0.29) is 5.92 Å². The van der Waals surface area contributed by atoms with Crippen molar-refractivity contribution >= 4 is 12.1 Å². The lowest BCUT2D eigenvalue weighted by Gasteiger charge is -2.30. The second-order valence-corrected chi connectivity index (χ2v) is 5.76. The third kappa shape index (κ3) is 5.89. The highest BCUT2D eigenvalue weighted by molar-refractivity contribution is 5.81. The summed E-state index contributed by atoms with van der Waals surface area (Å²) in [7, 11) is 2.87. The molecule has 0 aliphatic heterocycles. The van der Waals surface area contributed by atoms with Crippen LogP contribution in [0.5, 0.6) is 0 Å². The van der Waals surface area contributed by atoms with Gasteiger partial charge in [-0.1, -0.05) is 13.8 Å². The molecule has 1 atom stereocenters.